The number of likely N-dealkylation sites (tertiary alicyclic amines) is 1. The second kappa shape index (κ2) is 7.27. The van der Waals surface area contributed by atoms with E-state index in [1.54, 1.807) is 24.3 Å². The van der Waals surface area contributed by atoms with Crippen molar-refractivity contribution in [1.29, 1.82) is 0 Å². The molecule has 2 N–H and O–H groups in total. The smallest absolute Gasteiger partial charge is 0.272 e. The summed E-state index contributed by atoms with van der Waals surface area (Å²) in [6.45, 7) is 3.64. The minimum Gasteiger partial charge on any atom is -0.351 e. The quantitative estimate of drug-likeness (QED) is 0.728. The maximum Gasteiger partial charge on any atom is 0.272 e. The molecule has 1 aromatic heterocycles. The molecule has 1 saturated heterocycles. The van der Waals surface area contributed by atoms with E-state index in [0.717, 1.165) is 42.4 Å². The summed E-state index contributed by atoms with van der Waals surface area (Å²) >= 11 is 0. The van der Waals surface area contributed by atoms with Gasteiger partial charge in [-0.25, -0.2) is 0 Å². The first-order valence-electron chi connectivity index (χ1n) is 9.40. The van der Waals surface area contributed by atoms with Gasteiger partial charge in [0.15, 0.2) is 0 Å². The highest BCUT2D eigenvalue weighted by atomic mass is 16.2. The van der Waals surface area contributed by atoms with Crippen LogP contribution in [0.5, 0.6) is 0 Å². The van der Waals surface area contributed by atoms with E-state index >= 15 is 0 Å². The number of amides is 2. The van der Waals surface area contributed by atoms with Crippen molar-refractivity contribution in [3.63, 3.8) is 0 Å². The lowest BCUT2D eigenvalue weighted by atomic mass is 10.1. The van der Waals surface area contributed by atoms with Crippen molar-refractivity contribution in [3.05, 3.63) is 65.4 Å². The Kier molecular flexibility index (Phi) is 4.67. The monoisotopic (exact) mass is 361 g/mol. The molecule has 5 heteroatoms. The minimum absolute atomic E-state index is 0.0342. The number of carbonyl (C=O) groups excluding carboxylic acids is 2. The summed E-state index contributed by atoms with van der Waals surface area (Å²) in [5.41, 5.74) is 3.82. The molecule has 0 radical (unpaired) electrons. The van der Waals surface area contributed by atoms with Crippen molar-refractivity contribution in [2.45, 2.75) is 26.2 Å². The number of benzene rings is 2. The normalized spacial score (nSPS) is 14.3. The standard InChI is InChI=1S/C22H23N3O2/c1-15-8-9-16-14-20(24-19(16)12-15)21(26)23-18-7-5-6-17(13-18)22(27)25-10-3-2-4-11-25/h5-9,12-14,24H,2-4,10-11H2,1H3,(H,23,26). The lowest BCUT2D eigenvalue weighted by Crippen LogP contribution is -2.35. The number of hydrogen-bond acceptors (Lipinski definition) is 2. The molecule has 0 saturated carbocycles. The Morgan fingerprint density at radius 2 is 1.81 bits per heavy atom. The number of nitrogens with one attached hydrogen (secondary N) is 2. The van der Waals surface area contributed by atoms with Crippen LogP contribution < -0.4 is 5.32 Å². The van der Waals surface area contributed by atoms with Gasteiger partial charge in [0, 0.05) is 35.2 Å². The van der Waals surface area contributed by atoms with Crippen LogP contribution >= 0.6 is 0 Å². The fourth-order valence-corrected chi connectivity index (χ4v) is 3.57. The summed E-state index contributed by atoms with van der Waals surface area (Å²) in [5, 5.41) is 3.89. The Bertz CT molecular complexity index is 1000. The van der Waals surface area contributed by atoms with Crippen LogP contribution in [0.3, 0.4) is 0 Å². The number of H-pyrrole nitrogens is 1. The molecule has 1 fully saturated rings. The summed E-state index contributed by atoms with van der Waals surface area (Å²) in [6.07, 6.45) is 3.30. The number of aromatic nitrogens is 1. The molecule has 0 atom stereocenters. The molecule has 5 nitrogen and oxygen atoms in total. The first-order chi connectivity index (χ1) is 13.1. The third-order valence-electron chi connectivity index (χ3n) is 5.03. The summed E-state index contributed by atoms with van der Waals surface area (Å²) in [5.74, 6) is -0.182. The summed E-state index contributed by atoms with van der Waals surface area (Å²) < 4.78 is 0. The van der Waals surface area contributed by atoms with E-state index in [1.807, 2.05) is 36.1 Å². The van der Waals surface area contributed by atoms with E-state index in [-0.39, 0.29) is 11.8 Å². The average molecular weight is 361 g/mol. The van der Waals surface area contributed by atoms with Crippen molar-refractivity contribution in [3.8, 4) is 0 Å². The molecule has 2 amide bonds. The van der Waals surface area contributed by atoms with Crippen LogP contribution in [0.4, 0.5) is 5.69 Å². The van der Waals surface area contributed by atoms with Crippen LogP contribution in [0, 0.1) is 6.92 Å². The van der Waals surface area contributed by atoms with E-state index in [2.05, 4.69) is 10.3 Å². The highest BCUT2D eigenvalue weighted by Gasteiger charge is 2.18. The molecule has 0 aliphatic carbocycles. The van der Waals surface area contributed by atoms with Gasteiger partial charge in [-0.05, 0) is 62.1 Å². The number of carbonyl (C=O) groups is 2. The van der Waals surface area contributed by atoms with E-state index in [1.165, 1.54) is 6.42 Å². The Balaban J connectivity index is 1.51. The molecule has 3 aromatic rings. The van der Waals surface area contributed by atoms with Gasteiger partial charge in [0.1, 0.15) is 5.69 Å². The Labute approximate surface area is 158 Å². The molecule has 1 aliphatic heterocycles. The number of hydrogen-bond donors (Lipinski definition) is 2. The molecular weight excluding hydrogens is 338 g/mol. The number of rotatable bonds is 3. The van der Waals surface area contributed by atoms with Crippen molar-refractivity contribution in [2.24, 2.45) is 0 Å². The van der Waals surface area contributed by atoms with Gasteiger partial charge in [0.05, 0.1) is 0 Å². The summed E-state index contributed by atoms with van der Waals surface area (Å²) in [7, 11) is 0. The number of fused-ring (bicyclic) bond motifs is 1. The van der Waals surface area contributed by atoms with E-state index < -0.39 is 0 Å². The van der Waals surface area contributed by atoms with Crippen LogP contribution in [-0.2, 0) is 0 Å². The lowest BCUT2D eigenvalue weighted by Gasteiger charge is -2.26. The van der Waals surface area contributed by atoms with Crippen molar-refractivity contribution in [2.75, 3.05) is 18.4 Å². The van der Waals surface area contributed by atoms with Gasteiger partial charge >= 0.3 is 0 Å². The maximum absolute atomic E-state index is 12.7. The Morgan fingerprint density at radius 3 is 2.63 bits per heavy atom. The number of anilines is 1. The number of piperidine rings is 1. The highest BCUT2D eigenvalue weighted by molar-refractivity contribution is 6.06. The van der Waals surface area contributed by atoms with Crippen LogP contribution in [0.25, 0.3) is 10.9 Å². The first kappa shape index (κ1) is 17.3. The predicted octanol–water partition coefficient (Wildman–Crippen LogP) is 4.35. The predicted molar refractivity (Wildman–Crippen MR) is 107 cm³/mol. The van der Waals surface area contributed by atoms with Crippen molar-refractivity contribution < 1.29 is 9.59 Å². The van der Waals surface area contributed by atoms with Crippen LogP contribution in [0.15, 0.2) is 48.5 Å². The third-order valence-corrected chi connectivity index (χ3v) is 5.03. The van der Waals surface area contributed by atoms with Gasteiger partial charge in [-0.2, -0.15) is 0 Å². The molecule has 0 unspecified atom stereocenters. The minimum atomic E-state index is -0.216. The van der Waals surface area contributed by atoms with E-state index in [0.29, 0.717) is 16.9 Å². The first-order valence-corrected chi connectivity index (χ1v) is 9.40. The van der Waals surface area contributed by atoms with Gasteiger partial charge in [-0.15, -0.1) is 0 Å². The number of nitrogens with zero attached hydrogens (tertiary/aromatic N) is 1. The SMILES string of the molecule is Cc1ccc2cc(C(=O)Nc3cccc(C(=O)N4CCCCC4)c3)[nH]c2c1. The topological polar surface area (TPSA) is 65.2 Å². The second-order valence-electron chi connectivity index (χ2n) is 7.16. The second-order valence-corrected chi connectivity index (χ2v) is 7.16. The average Bonchev–Trinajstić information content (AvgIpc) is 3.11. The van der Waals surface area contributed by atoms with Gasteiger partial charge in [-0.1, -0.05) is 18.2 Å². The molecule has 138 valence electrons. The largest absolute Gasteiger partial charge is 0.351 e. The fourth-order valence-electron chi connectivity index (χ4n) is 3.57. The molecule has 0 spiro atoms. The molecule has 0 bridgehead atoms. The summed E-state index contributed by atoms with van der Waals surface area (Å²) in [6, 6.07) is 15.0. The van der Waals surface area contributed by atoms with Crippen LogP contribution in [0.1, 0.15) is 45.7 Å². The zero-order chi connectivity index (χ0) is 18.8. The summed E-state index contributed by atoms with van der Waals surface area (Å²) in [4.78, 5) is 30.3. The van der Waals surface area contributed by atoms with Gasteiger partial charge < -0.3 is 15.2 Å². The molecular formula is C22H23N3O2. The van der Waals surface area contributed by atoms with Crippen LogP contribution in [-0.4, -0.2) is 34.8 Å². The molecule has 27 heavy (non-hydrogen) atoms. The number of aromatic amines is 1. The number of aryl methyl sites for hydroxylation is 1. The van der Waals surface area contributed by atoms with E-state index in [4.69, 9.17) is 0 Å². The Morgan fingerprint density at radius 1 is 1.00 bits per heavy atom. The molecule has 2 aromatic carbocycles. The zero-order valence-corrected chi connectivity index (χ0v) is 15.4. The zero-order valence-electron chi connectivity index (χ0n) is 15.4. The highest BCUT2D eigenvalue weighted by Crippen LogP contribution is 2.20. The van der Waals surface area contributed by atoms with Gasteiger partial charge in [0.25, 0.3) is 11.8 Å². The van der Waals surface area contributed by atoms with Crippen molar-refractivity contribution in [1.82, 2.24) is 9.88 Å². The Hall–Kier alpha value is -3.08. The molecule has 4 rings (SSSR count). The maximum atomic E-state index is 12.7. The van der Waals surface area contributed by atoms with Crippen LogP contribution in [0.2, 0.25) is 0 Å². The third kappa shape index (κ3) is 3.72. The van der Waals surface area contributed by atoms with Gasteiger partial charge in [-0.3, -0.25) is 9.59 Å². The fraction of sp³-hybridized carbons (Fsp3) is 0.273. The van der Waals surface area contributed by atoms with E-state index in [9.17, 15) is 9.59 Å². The lowest BCUT2D eigenvalue weighted by molar-refractivity contribution is 0.0724. The molecule has 1 aliphatic rings. The van der Waals surface area contributed by atoms with Gasteiger partial charge in [0.2, 0.25) is 0 Å². The van der Waals surface area contributed by atoms with Crippen molar-refractivity contribution >= 4 is 28.4 Å². The molecule has 2 heterocycles.